The number of nitrogens with zero attached hydrogens (tertiary/aromatic N) is 2. The molecule has 0 radical (unpaired) electrons. The van der Waals surface area contributed by atoms with Gasteiger partial charge in [0.1, 0.15) is 0 Å². The molecule has 0 bridgehead atoms. The topological polar surface area (TPSA) is 6.48 Å². The van der Waals surface area contributed by atoms with Crippen LogP contribution in [-0.2, 0) is 0 Å². The predicted octanol–water partition coefficient (Wildman–Crippen LogP) is 1.07. The first-order valence-corrected chi connectivity index (χ1v) is 5.34. The molecule has 3 rings (SSSR count). The standard InChI is InChI=1S/C8H14N2S2/c11-9-3-7-1-2-8(7,5-9)6-10(12)4-7/h11-12H,1-6H2. The number of hydrogen-bond acceptors (Lipinski definition) is 4. The van der Waals surface area contributed by atoms with Gasteiger partial charge in [0.2, 0.25) is 0 Å². The van der Waals surface area contributed by atoms with Crippen molar-refractivity contribution in [3.8, 4) is 0 Å². The van der Waals surface area contributed by atoms with E-state index in [1.165, 1.54) is 39.0 Å². The van der Waals surface area contributed by atoms with Crippen LogP contribution in [0.4, 0.5) is 0 Å². The highest BCUT2D eigenvalue weighted by Crippen LogP contribution is 2.65. The van der Waals surface area contributed by atoms with Crippen molar-refractivity contribution < 1.29 is 0 Å². The molecule has 0 spiro atoms. The van der Waals surface area contributed by atoms with Gasteiger partial charge in [-0.15, -0.1) is 0 Å². The van der Waals surface area contributed by atoms with Crippen molar-refractivity contribution in [1.29, 1.82) is 0 Å². The molecule has 1 saturated carbocycles. The molecule has 2 saturated heterocycles. The number of thiol groups is 2. The molecule has 0 amide bonds. The molecule has 12 heavy (non-hydrogen) atoms. The Hall–Kier alpha value is 0.620. The summed E-state index contributed by atoms with van der Waals surface area (Å²) in [4.78, 5) is 0. The molecule has 1 aliphatic carbocycles. The van der Waals surface area contributed by atoms with Crippen LogP contribution in [0.15, 0.2) is 0 Å². The van der Waals surface area contributed by atoms with E-state index in [2.05, 4.69) is 34.2 Å². The van der Waals surface area contributed by atoms with Gasteiger partial charge in [-0.1, -0.05) is 25.6 Å². The third-order valence-corrected chi connectivity index (χ3v) is 4.71. The molecule has 68 valence electrons. The summed E-state index contributed by atoms with van der Waals surface area (Å²) in [6.45, 7) is 4.70. The van der Waals surface area contributed by atoms with E-state index >= 15 is 0 Å². The van der Waals surface area contributed by atoms with Crippen LogP contribution in [-0.4, -0.2) is 34.8 Å². The van der Waals surface area contributed by atoms with E-state index < -0.39 is 0 Å². The maximum absolute atomic E-state index is 4.47. The van der Waals surface area contributed by atoms with E-state index in [4.69, 9.17) is 0 Å². The highest BCUT2D eigenvalue weighted by atomic mass is 32.1. The minimum absolute atomic E-state index is 0.566. The van der Waals surface area contributed by atoms with Crippen molar-refractivity contribution in [2.24, 2.45) is 10.8 Å². The lowest BCUT2D eigenvalue weighted by Crippen LogP contribution is -2.49. The Balaban J connectivity index is 1.97. The van der Waals surface area contributed by atoms with Gasteiger partial charge in [-0.25, -0.2) is 0 Å². The van der Waals surface area contributed by atoms with Crippen molar-refractivity contribution in [2.75, 3.05) is 26.2 Å². The van der Waals surface area contributed by atoms with Gasteiger partial charge >= 0.3 is 0 Å². The Morgan fingerprint density at radius 2 is 1.08 bits per heavy atom. The quantitative estimate of drug-likeness (QED) is 0.567. The van der Waals surface area contributed by atoms with Gasteiger partial charge in [0, 0.05) is 37.0 Å². The van der Waals surface area contributed by atoms with Crippen LogP contribution in [0.2, 0.25) is 0 Å². The van der Waals surface area contributed by atoms with Crippen molar-refractivity contribution in [2.45, 2.75) is 12.8 Å². The Kier molecular flexibility index (Phi) is 1.44. The molecule has 4 heteroatoms. The Morgan fingerprint density at radius 1 is 0.750 bits per heavy atom. The third-order valence-electron chi connectivity index (χ3n) is 4.15. The van der Waals surface area contributed by atoms with Gasteiger partial charge in [-0.3, -0.25) is 8.61 Å². The van der Waals surface area contributed by atoms with Crippen LogP contribution in [0.1, 0.15) is 12.8 Å². The molecule has 2 heterocycles. The normalized spacial score (nSPS) is 53.5. The first kappa shape index (κ1) is 7.97. The third kappa shape index (κ3) is 0.733. The van der Waals surface area contributed by atoms with E-state index in [1.54, 1.807) is 0 Å². The van der Waals surface area contributed by atoms with Crippen LogP contribution in [0.5, 0.6) is 0 Å². The average molecular weight is 202 g/mol. The van der Waals surface area contributed by atoms with Gasteiger partial charge in [-0.05, 0) is 12.8 Å². The molecule has 0 unspecified atom stereocenters. The van der Waals surface area contributed by atoms with Crippen LogP contribution in [0, 0.1) is 10.8 Å². The minimum Gasteiger partial charge on any atom is -0.252 e. The molecule has 2 nitrogen and oxygen atoms in total. The van der Waals surface area contributed by atoms with Crippen molar-refractivity contribution in [3.63, 3.8) is 0 Å². The first-order chi connectivity index (χ1) is 5.66. The van der Waals surface area contributed by atoms with Crippen molar-refractivity contribution in [1.82, 2.24) is 8.61 Å². The van der Waals surface area contributed by atoms with Gasteiger partial charge in [0.15, 0.2) is 0 Å². The van der Waals surface area contributed by atoms with Gasteiger partial charge in [0.05, 0.1) is 0 Å². The highest BCUT2D eigenvalue weighted by Gasteiger charge is 2.67. The van der Waals surface area contributed by atoms with Crippen LogP contribution < -0.4 is 0 Å². The smallest absolute Gasteiger partial charge is 0.0163 e. The largest absolute Gasteiger partial charge is 0.252 e. The van der Waals surface area contributed by atoms with Crippen molar-refractivity contribution in [3.05, 3.63) is 0 Å². The van der Waals surface area contributed by atoms with Gasteiger partial charge in [-0.2, -0.15) is 0 Å². The molecule has 0 aromatic heterocycles. The summed E-state index contributed by atoms with van der Waals surface area (Å²) in [6.07, 6.45) is 2.78. The van der Waals surface area contributed by atoms with E-state index in [-0.39, 0.29) is 0 Å². The summed E-state index contributed by atoms with van der Waals surface area (Å²) in [5.41, 5.74) is 1.13. The SMILES string of the molecule is SN1CC23CCC2(C1)CN(S)C3. The molecule has 2 aliphatic heterocycles. The summed E-state index contributed by atoms with van der Waals surface area (Å²) >= 11 is 8.93. The zero-order valence-corrected chi connectivity index (χ0v) is 8.82. The summed E-state index contributed by atoms with van der Waals surface area (Å²) in [6, 6.07) is 0. The maximum Gasteiger partial charge on any atom is 0.0163 e. The predicted molar refractivity (Wildman–Crippen MR) is 55.2 cm³/mol. The Morgan fingerprint density at radius 3 is 1.33 bits per heavy atom. The molecule has 0 N–H and O–H groups in total. The summed E-state index contributed by atoms with van der Waals surface area (Å²) in [5.74, 6) is 0. The first-order valence-electron chi connectivity index (χ1n) is 4.54. The van der Waals surface area contributed by atoms with E-state index in [0.29, 0.717) is 10.8 Å². The Labute approximate surface area is 84.4 Å². The van der Waals surface area contributed by atoms with Crippen LogP contribution >= 0.6 is 25.6 Å². The van der Waals surface area contributed by atoms with E-state index in [0.717, 1.165) is 0 Å². The van der Waals surface area contributed by atoms with Crippen molar-refractivity contribution >= 4 is 25.6 Å². The average Bonchev–Trinajstić information content (AvgIpc) is 2.19. The number of hydrogen-bond donors (Lipinski definition) is 2. The molecule has 0 atom stereocenters. The van der Waals surface area contributed by atoms with Gasteiger partial charge in [0.25, 0.3) is 0 Å². The second-order valence-corrected chi connectivity index (χ2v) is 5.84. The summed E-state index contributed by atoms with van der Waals surface area (Å²) in [7, 11) is 0. The lowest BCUT2D eigenvalue weighted by molar-refractivity contribution is 0.0255. The summed E-state index contributed by atoms with van der Waals surface area (Å²) < 4.78 is 4.40. The molecule has 3 fully saturated rings. The van der Waals surface area contributed by atoms with E-state index in [9.17, 15) is 0 Å². The number of rotatable bonds is 0. The molecular formula is C8H14N2S2. The molecule has 0 aromatic carbocycles. The fourth-order valence-corrected chi connectivity index (χ4v) is 4.51. The lowest BCUT2D eigenvalue weighted by atomic mass is 9.53. The fraction of sp³-hybridized carbons (Fsp3) is 1.00. The lowest BCUT2D eigenvalue weighted by Gasteiger charge is -2.49. The highest BCUT2D eigenvalue weighted by molar-refractivity contribution is 7.77. The second-order valence-electron chi connectivity index (χ2n) is 4.71. The summed E-state index contributed by atoms with van der Waals surface area (Å²) in [5, 5.41) is 0. The molecule has 0 aromatic rings. The van der Waals surface area contributed by atoms with Crippen LogP contribution in [0.3, 0.4) is 0 Å². The van der Waals surface area contributed by atoms with Gasteiger partial charge < -0.3 is 0 Å². The van der Waals surface area contributed by atoms with E-state index in [1.807, 2.05) is 0 Å². The molecule has 3 aliphatic rings. The maximum atomic E-state index is 4.47. The second kappa shape index (κ2) is 2.16. The minimum atomic E-state index is 0.566. The Bertz CT molecular complexity index is 195. The zero-order valence-electron chi connectivity index (χ0n) is 7.03. The zero-order chi connectivity index (χ0) is 8.40. The van der Waals surface area contributed by atoms with Crippen LogP contribution in [0.25, 0.3) is 0 Å². The molecular weight excluding hydrogens is 188 g/mol. The monoisotopic (exact) mass is 202 g/mol. The fourth-order valence-electron chi connectivity index (χ4n) is 3.43.